The van der Waals surface area contributed by atoms with E-state index >= 15 is 0 Å². The smallest absolute Gasteiger partial charge is 0.259 e. The summed E-state index contributed by atoms with van der Waals surface area (Å²) in [6.45, 7) is 3.18. The van der Waals surface area contributed by atoms with Gasteiger partial charge in [-0.3, -0.25) is 4.52 Å². The Bertz CT molecular complexity index is 332. The molecule has 1 unspecified atom stereocenters. The van der Waals surface area contributed by atoms with Crippen LogP contribution in [0.15, 0.2) is 31.0 Å². The van der Waals surface area contributed by atoms with Gasteiger partial charge in [-0.05, 0) is 4.57 Å². The van der Waals surface area contributed by atoms with E-state index < -0.39 is 19.7 Å². The summed E-state index contributed by atoms with van der Waals surface area (Å²) in [7, 11) is -2.26. The summed E-state index contributed by atoms with van der Waals surface area (Å²) in [5, 5.41) is -0.0348. The second kappa shape index (κ2) is 4.10. The number of hydrogen-bond donors (Lipinski definition) is 0. The van der Waals surface area contributed by atoms with Crippen LogP contribution < -0.4 is 5.30 Å². The van der Waals surface area contributed by atoms with Gasteiger partial charge in [0.15, 0.2) is 0 Å². The lowest BCUT2D eigenvalue weighted by Gasteiger charge is -1.89. The molecule has 1 aromatic carbocycles. The molecule has 1 rings (SSSR count). The first-order valence-corrected chi connectivity index (χ1v) is 4.52. The van der Waals surface area contributed by atoms with Gasteiger partial charge >= 0.3 is 8.03 Å². The van der Waals surface area contributed by atoms with Gasteiger partial charge in [-0.2, -0.15) is 0 Å². The SMILES string of the molecule is C=CO[P+](=O)c1cc(F)cc(F)c1. The summed E-state index contributed by atoms with van der Waals surface area (Å²) in [4.78, 5) is 0. The predicted octanol–water partition coefficient (Wildman–Crippen LogP) is 2.49. The van der Waals surface area contributed by atoms with Crippen LogP contribution in [-0.4, -0.2) is 0 Å². The number of benzene rings is 1. The third-order valence-corrected chi connectivity index (χ3v) is 2.25. The predicted molar refractivity (Wildman–Crippen MR) is 44.9 cm³/mol. The van der Waals surface area contributed by atoms with Crippen LogP contribution in [0.25, 0.3) is 0 Å². The molecule has 0 aromatic heterocycles. The van der Waals surface area contributed by atoms with Crippen molar-refractivity contribution in [1.29, 1.82) is 0 Å². The molecular weight excluding hydrogens is 197 g/mol. The average Bonchev–Trinajstić information content (AvgIpc) is 2.03. The van der Waals surface area contributed by atoms with Gasteiger partial charge in [0, 0.05) is 18.2 Å². The molecule has 68 valence electrons. The lowest BCUT2D eigenvalue weighted by molar-refractivity contribution is 0.473. The van der Waals surface area contributed by atoms with Gasteiger partial charge in [0.25, 0.3) is 0 Å². The molecule has 0 radical (unpaired) electrons. The van der Waals surface area contributed by atoms with Crippen molar-refractivity contribution in [1.82, 2.24) is 0 Å². The number of rotatable bonds is 3. The molecule has 0 amide bonds. The summed E-state index contributed by atoms with van der Waals surface area (Å²) in [6.07, 6.45) is 0.960. The van der Waals surface area contributed by atoms with E-state index in [0.29, 0.717) is 6.07 Å². The van der Waals surface area contributed by atoms with Crippen molar-refractivity contribution >= 4 is 13.3 Å². The fourth-order valence-electron chi connectivity index (χ4n) is 0.773. The van der Waals surface area contributed by atoms with Gasteiger partial charge < -0.3 is 0 Å². The van der Waals surface area contributed by atoms with Crippen LogP contribution in [0.1, 0.15) is 0 Å². The molecule has 0 bridgehead atoms. The second-order valence-corrected chi connectivity index (χ2v) is 3.40. The van der Waals surface area contributed by atoms with Crippen molar-refractivity contribution in [3.63, 3.8) is 0 Å². The van der Waals surface area contributed by atoms with E-state index in [4.69, 9.17) is 0 Å². The molecule has 2 nitrogen and oxygen atoms in total. The Morgan fingerprint density at radius 3 is 2.31 bits per heavy atom. The first-order chi connectivity index (χ1) is 6.13. The molecule has 0 saturated heterocycles. The highest BCUT2D eigenvalue weighted by molar-refractivity contribution is 7.48. The van der Waals surface area contributed by atoms with Crippen molar-refractivity contribution in [2.45, 2.75) is 0 Å². The van der Waals surface area contributed by atoms with Crippen molar-refractivity contribution < 1.29 is 17.9 Å². The minimum atomic E-state index is -2.26. The van der Waals surface area contributed by atoms with Crippen LogP contribution >= 0.6 is 8.03 Å². The lowest BCUT2D eigenvalue weighted by atomic mass is 10.3. The number of halogens is 2. The van der Waals surface area contributed by atoms with E-state index in [1.54, 1.807) is 0 Å². The highest BCUT2D eigenvalue weighted by Crippen LogP contribution is 2.22. The fraction of sp³-hybridized carbons (Fsp3) is 0. The molecular formula is C8H6F2O2P+. The van der Waals surface area contributed by atoms with Crippen LogP contribution in [-0.2, 0) is 9.09 Å². The zero-order chi connectivity index (χ0) is 9.84. The molecule has 0 aliphatic heterocycles. The Labute approximate surface area is 74.7 Å². The summed E-state index contributed by atoms with van der Waals surface area (Å²) >= 11 is 0. The summed E-state index contributed by atoms with van der Waals surface area (Å²) in [5.41, 5.74) is 0. The molecule has 13 heavy (non-hydrogen) atoms. The van der Waals surface area contributed by atoms with E-state index in [2.05, 4.69) is 11.1 Å². The van der Waals surface area contributed by atoms with Crippen LogP contribution in [0.4, 0.5) is 8.78 Å². The Morgan fingerprint density at radius 2 is 1.85 bits per heavy atom. The molecule has 1 aromatic rings. The standard InChI is InChI=1S/C8H6F2O2P/c1-2-12-13(11)8-4-6(9)3-7(10)5-8/h2-5H,1H2/q+1. The zero-order valence-corrected chi connectivity index (χ0v) is 7.43. The Morgan fingerprint density at radius 1 is 1.31 bits per heavy atom. The zero-order valence-electron chi connectivity index (χ0n) is 6.54. The highest BCUT2D eigenvalue weighted by Gasteiger charge is 2.23. The molecule has 0 aliphatic rings. The van der Waals surface area contributed by atoms with E-state index in [1.165, 1.54) is 0 Å². The summed E-state index contributed by atoms with van der Waals surface area (Å²) < 4.78 is 40.7. The van der Waals surface area contributed by atoms with Gasteiger partial charge in [0.1, 0.15) is 17.9 Å². The molecule has 0 spiro atoms. The quantitative estimate of drug-likeness (QED) is 0.557. The topological polar surface area (TPSA) is 26.3 Å². The maximum Gasteiger partial charge on any atom is 0.596 e. The third kappa shape index (κ3) is 2.60. The maximum absolute atomic E-state index is 12.6. The molecule has 0 N–H and O–H groups in total. The van der Waals surface area contributed by atoms with E-state index in [0.717, 1.165) is 18.4 Å². The molecule has 1 atom stereocenters. The van der Waals surface area contributed by atoms with Crippen molar-refractivity contribution in [2.75, 3.05) is 0 Å². The van der Waals surface area contributed by atoms with Gasteiger partial charge in [-0.15, -0.1) is 0 Å². The van der Waals surface area contributed by atoms with Crippen molar-refractivity contribution in [2.24, 2.45) is 0 Å². The van der Waals surface area contributed by atoms with Gasteiger partial charge in [-0.25, -0.2) is 8.78 Å². The fourth-order valence-corrected chi connectivity index (χ4v) is 1.49. The number of hydrogen-bond acceptors (Lipinski definition) is 2. The third-order valence-electron chi connectivity index (χ3n) is 1.23. The molecule has 5 heteroatoms. The van der Waals surface area contributed by atoms with Gasteiger partial charge in [0.2, 0.25) is 5.30 Å². The van der Waals surface area contributed by atoms with E-state index in [9.17, 15) is 13.3 Å². The first kappa shape index (κ1) is 9.81. The normalized spacial score (nSPS) is 10.8. The second-order valence-electron chi connectivity index (χ2n) is 2.16. The van der Waals surface area contributed by atoms with Crippen molar-refractivity contribution in [3.05, 3.63) is 42.7 Å². The first-order valence-electron chi connectivity index (χ1n) is 3.34. The Balaban J connectivity index is 3.00. The molecule has 0 heterocycles. The monoisotopic (exact) mass is 203 g/mol. The minimum absolute atomic E-state index is 0.0348. The summed E-state index contributed by atoms with van der Waals surface area (Å²) in [5.74, 6) is -1.57. The highest BCUT2D eigenvalue weighted by atomic mass is 31.1. The largest absolute Gasteiger partial charge is 0.596 e. The van der Waals surface area contributed by atoms with Gasteiger partial charge in [-0.1, -0.05) is 6.58 Å². The molecule has 0 saturated carbocycles. The van der Waals surface area contributed by atoms with Crippen LogP contribution in [0.5, 0.6) is 0 Å². The van der Waals surface area contributed by atoms with Gasteiger partial charge in [0.05, 0.1) is 0 Å². The molecule has 0 aliphatic carbocycles. The average molecular weight is 203 g/mol. The summed E-state index contributed by atoms with van der Waals surface area (Å²) in [6, 6.07) is 2.59. The van der Waals surface area contributed by atoms with Crippen molar-refractivity contribution in [3.8, 4) is 0 Å². The Kier molecular flexibility index (Phi) is 3.09. The van der Waals surface area contributed by atoms with Crippen LogP contribution in [0, 0.1) is 11.6 Å². The minimum Gasteiger partial charge on any atom is -0.259 e. The Hall–Kier alpha value is -1.28. The molecule has 0 fully saturated rings. The van der Waals surface area contributed by atoms with E-state index in [1.807, 2.05) is 0 Å². The lowest BCUT2D eigenvalue weighted by Crippen LogP contribution is -1.99. The maximum atomic E-state index is 12.6. The van der Waals surface area contributed by atoms with Crippen LogP contribution in [0.3, 0.4) is 0 Å². The van der Waals surface area contributed by atoms with Crippen LogP contribution in [0.2, 0.25) is 0 Å². The van der Waals surface area contributed by atoms with E-state index in [-0.39, 0.29) is 5.30 Å².